The minimum absolute atomic E-state index is 0.0219. The number of hydrogen-bond acceptors (Lipinski definition) is 7. The minimum atomic E-state index is -0.581. The molecular formula is C28H32FN5O3S. The van der Waals surface area contributed by atoms with Gasteiger partial charge in [-0.3, -0.25) is 14.5 Å². The Morgan fingerprint density at radius 1 is 1.16 bits per heavy atom. The number of nitrogens with one attached hydrogen (secondary N) is 1. The van der Waals surface area contributed by atoms with Gasteiger partial charge in [-0.25, -0.2) is 14.4 Å². The van der Waals surface area contributed by atoms with Gasteiger partial charge in [0.15, 0.2) is 4.88 Å². The third-order valence-electron chi connectivity index (χ3n) is 7.08. The number of thiazole rings is 1. The third-order valence-corrected chi connectivity index (χ3v) is 8.18. The van der Waals surface area contributed by atoms with Gasteiger partial charge in [-0.2, -0.15) is 0 Å². The third kappa shape index (κ3) is 6.73. The molecule has 3 aromatic rings. The minimum Gasteiger partial charge on any atom is -0.476 e. The lowest BCUT2D eigenvalue weighted by molar-refractivity contribution is -0.117. The van der Waals surface area contributed by atoms with Crippen LogP contribution >= 0.6 is 11.3 Å². The number of carbonyl (C=O) groups is 2. The highest BCUT2D eigenvalue weighted by Gasteiger charge is 2.30. The molecule has 1 saturated heterocycles. The Bertz CT molecular complexity index is 1290. The van der Waals surface area contributed by atoms with Crippen molar-refractivity contribution >= 4 is 29.0 Å². The number of carbonyl (C=O) groups excluding carboxylic acids is 2. The number of likely N-dealkylation sites (tertiary alicyclic amines) is 1. The lowest BCUT2D eigenvalue weighted by atomic mass is 9.92. The molecular weight excluding hydrogens is 505 g/mol. The number of nitrogens with two attached hydrogens (primary N) is 1. The van der Waals surface area contributed by atoms with E-state index in [0.717, 1.165) is 62.7 Å². The largest absolute Gasteiger partial charge is 0.476 e. The number of aromatic nitrogens is 2. The van der Waals surface area contributed by atoms with Gasteiger partial charge in [0.1, 0.15) is 16.6 Å². The first-order valence-electron chi connectivity index (χ1n) is 13.1. The monoisotopic (exact) mass is 537 g/mol. The maximum atomic E-state index is 13.9. The van der Waals surface area contributed by atoms with Crippen LogP contribution < -0.4 is 15.8 Å². The number of ether oxygens (including phenoxy) is 1. The van der Waals surface area contributed by atoms with Gasteiger partial charge < -0.3 is 15.8 Å². The Morgan fingerprint density at radius 2 is 1.95 bits per heavy atom. The zero-order valence-corrected chi connectivity index (χ0v) is 22.0. The number of anilines is 1. The molecule has 0 unspecified atom stereocenters. The SMILES string of the molecule is NC(=O)c1sc(-c2ccnc(NC(=O)C3CC3)c2)nc1OCCCC1CCN(Cc2ccccc2F)CC1. The van der Waals surface area contributed by atoms with Crippen LogP contribution in [0.5, 0.6) is 5.88 Å². The molecule has 0 atom stereocenters. The van der Waals surface area contributed by atoms with Crippen LogP contribution in [0, 0.1) is 17.7 Å². The summed E-state index contributed by atoms with van der Waals surface area (Å²) in [5.41, 5.74) is 7.08. The number of piperidine rings is 1. The highest BCUT2D eigenvalue weighted by Crippen LogP contribution is 2.34. The second kappa shape index (κ2) is 12.0. The van der Waals surface area contributed by atoms with E-state index in [0.29, 0.717) is 29.9 Å². The van der Waals surface area contributed by atoms with E-state index in [1.807, 2.05) is 12.1 Å². The van der Waals surface area contributed by atoms with Crippen LogP contribution in [-0.4, -0.2) is 46.4 Å². The van der Waals surface area contributed by atoms with Gasteiger partial charge in [-0.05, 0) is 75.7 Å². The molecule has 2 fully saturated rings. The lowest BCUT2D eigenvalue weighted by Gasteiger charge is -2.32. The van der Waals surface area contributed by atoms with E-state index in [1.54, 1.807) is 24.4 Å². The molecule has 1 aromatic carbocycles. The molecule has 200 valence electrons. The fraction of sp³-hybridized carbons (Fsp3) is 0.429. The highest BCUT2D eigenvalue weighted by molar-refractivity contribution is 7.17. The molecule has 3 heterocycles. The van der Waals surface area contributed by atoms with Gasteiger partial charge in [0, 0.05) is 29.8 Å². The molecule has 1 aliphatic heterocycles. The van der Waals surface area contributed by atoms with Crippen LogP contribution in [0.4, 0.5) is 10.2 Å². The Balaban J connectivity index is 1.11. The standard InChI is InChI=1S/C28H32FN5O3S/c29-22-6-2-1-5-21(22)17-34-13-10-18(11-14-34)4-3-15-37-27-24(25(30)35)38-28(33-27)20-9-12-31-23(16-20)32-26(36)19-7-8-19/h1-2,5-6,9,12,16,18-19H,3-4,7-8,10-11,13-15,17H2,(H2,30,35)(H,31,32,36). The molecule has 3 N–H and O–H groups in total. The molecule has 1 saturated carbocycles. The smallest absolute Gasteiger partial charge is 0.264 e. The summed E-state index contributed by atoms with van der Waals surface area (Å²) in [7, 11) is 0. The number of hydrogen-bond donors (Lipinski definition) is 2. The average molecular weight is 538 g/mol. The van der Waals surface area contributed by atoms with E-state index >= 15 is 0 Å². The molecule has 0 bridgehead atoms. The molecule has 2 aromatic heterocycles. The zero-order valence-electron chi connectivity index (χ0n) is 21.2. The van der Waals surface area contributed by atoms with Crippen molar-refractivity contribution in [3.05, 3.63) is 58.9 Å². The Hall–Kier alpha value is -3.37. The van der Waals surface area contributed by atoms with E-state index < -0.39 is 5.91 Å². The van der Waals surface area contributed by atoms with Gasteiger partial charge in [0.25, 0.3) is 5.91 Å². The van der Waals surface area contributed by atoms with Crippen molar-refractivity contribution in [2.75, 3.05) is 25.0 Å². The Labute approximate surface area is 225 Å². The summed E-state index contributed by atoms with van der Waals surface area (Å²) in [6.45, 7) is 3.00. The number of halogens is 1. The summed E-state index contributed by atoms with van der Waals surface area (Å²) >= 11 is 1.17. The quantitative estimate of drug-likeness (QED) is 0.338. The molecule has 1 aliphatic carbocycles. The zero-order chi connectivity index (χ0) is 26.5. The normalized spacial score (nSPS) is 16.3. The van der Waals surface area contributed by atoms with Crippen LogP contribution in [0.25, 0.3) is 10.6 Å². The number of benzene rings is 1. The molecule has 2 amide bonds. The fourth-order valence-corrected chi connectivity index (χ4v) is 5.59. The van der Waals surface area contributed by atoms with E-state index in [-0.39, 0.29) is 28.4 Å². The van der Waals surface area contributed by atoms with Gasteiger partial charge in [0.2, 0.25) is 11.8 Å². The average Bonchev–Trinajstić information content (AvgIpc) is 3.68. The van der Waals surface area contributed by atoms with Crippen molar-refractivity contribution in [3.8, 4) is 16.5 Å². The molecule has 10 heteroatoms. The highest BCUT2D eigenvalue weighted by atomic mass is 32.1. The summed E-state index contributed by atoms with van der Waals surface area (Å²) in [4.78, 5) is 35.4. The van der Waals surface area contributed by atoms with Crippen LogP contribution in [0.15, 0.2) is 42.6 Å². The van der Waals surface area contributed by atoms with Crippen molar-refractivity contribution in [1.82, 2.24) is 14.9 Å². The molecule has 8 nitrogen and oxygen atoms in total. The second-order valence-electron chi connectivity index (χ2n) is 10.0. The lowest BCUT2D eigenvalue weighted by Crippen LogP contribution is -2.33. The predicted molar refractivity (Wildman–Crippen MR) is 144 cm³/mol. The van der Waals surface area contributed by atoms with E-state index in [2.05, 4.69) is 20.2 Å². The summed E-state index contributed by atoms with van der Waals surface area (Å²) in [5, 5.41) is 3.42. The molecule has 2 aliphatic rings. The number of primary amides is 1. The van der Waals surface area contributed by atoms with Crippen molar-refractivity contribution in [2.45, 2.75) is 45.1 Å². The van der Waals surface area contributed by atoms with Crippen LogP contribution in [0.1, 0.15) is 53.8 Å². The Morgan fingerprint density at radius 3 is 2.68 bits per heavy atom. The van der Waals surface area contributed by atoms with Gasteiger partial charge in [-0.1, -0.05) is 18.2 Å². The summed E-state index contributed by atoms with van der Waals surface area (Å²) in [6, 6.07) is 10.5. The topological polar surface area (TPSA) is 110 Å². The van der Waals surface area contributed by atoms with Crippen molar-refractivity contribution in [2.24, 2.45) is 17.6 Å². The summed E-state index contributed by atoms with van der Waals surface area (Å²) in [5.74, 6) is 0.632. The number of nitrogens with zero attached hydrogens (tertiary/aromatic N) is 3. The first-order valence-corrected chi connectivity index (χ1v) is 13.9. The molecule has 38 heavy (non-hydrogen) atoms. The molecule has 0 spiro atoms. The van der Waals surface area contributed by atoms with Crippen molar-refractivity contribution in [3.63, 3.8) is 0 Å². The fourth-order valence-electron chi connectivity index (χ4n) is 4.73. The van der Waals surface area contributed by atoms with Gasteiger partial charge in [-0.15, -0.1) is 11.3 Å². The maximum absolute atomic E-state index is 13.9. The van der Waals surface area contributed by atoms with Gasteiger partial charge >= 0.3 is 0 Å². The maximum Gasteiger partial charge on any atom is 0.264 e. The van der Waals surface area contributed by atoms with E-state index in [1.165, 1.54) is 17.4 Å². The Kier molecular flexibility index (Phi) is 8.29. The molecule has 5 rings (SSSR count). The van der Waals surface area contributed by atoms with Crippen molar-refractivity contribution in [1.29, 1.82) is 0 Å². The summed E-state index contributed by atoms with van der Waals surface area (Å²) in [6.07, 6.45) is 7.43. The van der Waals surface area contributed by atoms with E-state index in [9.17, 15) is 14.0 Å². The van der Waals surface area contributed by atoms with E-state index in [4.69, 9.17) is 10.5 Å². The van der Waals surface area contributed by atoms with Crippen LogP contribution in [-0.2, 0) is 11.3 Å². The first-order chi connectivity index (χ1) is 18.5. The van der Waals surface area contributed by atoms with Crippen LogP contribution in [0.2, 0.25) is 0 Å². The first kappa shape index (κ1) is 26.2. The number of rotatable bonds is 11. The van der Waals surface area contributed by atoms with Crippen molar-refractivity contribution < 1.29 is 18.7 Å². The summed E-state index contributed by atoms with van der Waals surface area (Å²) < 4.78 is 19.8. The van der Waals surface area contributed by atoms with Gasteiger partial charge in [0.05, 0.1) is 6.61 Å². The molecule has 0 radical (unpaired) electrons. The number of amides is 2. The predicted octanol–water partition coefficient (Wildman–Crippen LogP) is 4.86. The number of pyridine rings is 1. The van der Waals surface area contributed by atoms with Crippen LogP contribution in [0.3, 0.4) is 0 Å². The second-order valence-corrected chi connectivity index (χ2v) is 11.0.